The lowest BCUT2D eigenvalue weighted by Crippen LogP contribution is -2.12. The third-order valence-electron chi connectivity index (χ3n) is 4.17. The Morgan fingerprint density at radius 3 is 2.76 bits per heavy atom. The molecule has 110 valence electrons. The third-order valence-corrected chi connectivity index (χ3v) is 4.80. The van der Waals surface area contributed by atoms with Gasteiger partial charge in [-0.05, 0) is 70.6 Å². The second kappa shape index (κ2) is 5.72. The van der Waals surface area contributed by atoms with Gasteiger partial charge in [0.25, 0.3) is 0 Å². The summed E-state index contributed by atoms with van der Waals surface area (Å²) < 4.78 is 1.14. The first kappa shape index (κ1) is 14.5. The van der Waals surface area contributed by atoms with Gasteiger partial charge in [0.05, 0.1) is 5.69 Å². The molecule has 3 heteroatoms. The molecule has 0 amide bonds. The molecule has 0 unspecified atom stereocenters. The number of halogens is 1. The summed E-state index contributed by atoms with van der Waals surface area (Å²) in [7, 11) is 2.16. The van der Waals surface area contributed by atoms with Crippen molar-refractivity contribution in [2.45, 2.75) is 26.8 Å². The molecule has 0 saturated carbocycles. The second-order valence-corrected chi connectivity index (χ2v) is 6.78. The lowest BCUT2D eigenvalue weighted by molar-refractivity contribution is 0.955. The van der Waals surface area contributed by atoms with Gasteiger partial charge in [0, 0.05) is 30.3 Å². The van der Waals surface area contributed by atoms with Gasteiger partial charge in [-0.1, -0.05) is 18.2 Å². The van der Waals surface area contributed by atoms with E-state index in [-0.39, 0.29) is 0 Å². The second-order valence-electron chi connectivity index (χ2n) is 5.93. The molecule has 0 fully saturated rings. The van der Waals surface area contributed by atoms with E-state index < -0.39 is 0 Å². The van der Waals surface area contributed by atoms with Crippen LogP contribution in [0.1, 0.15) is 22.3 Å². The number of likely N-dealkylation sites (N-methyl/N-ethyl adjacent to an activating group) is 1. The number of rotatable bonds is 3. The minimum atomic E-state index is 0.861. The number of benzene rings is 2. The predicted octanol–water partition coefficient (Wildman–Crippen LogP) is 4.67. The molecule has 21 heavy (non-hydrogen) atoms. The summed E-state index contributed by atoms with van der Waals surface area (Å²) in [6.45, 7) is 6.27. The van der Waals surface area contributed by atoms with Gasteiger partial charge >= 0.3 is 0 Å². The minimum absolute atomic E-state index is 0.861. The summed E-state index contributed by atoms with van der Waals surface area (Å²) in [6.07, 6.45) is 1.16. The molecule has 2 aromatic carbocycles. The van der Waals surface area contributed by atoms with Crippen LogP contribution in [0.3, 0.4) is 0 Å². The van der Waals surface area contributed by atoms with Crippen LogP contribution in [0.25, 0.3) is 0 Å². The van der Waals surface area contributed by atoms with Crippen LogP contribution in [0, 0.1) is 13.8 Å². The van der Waals surface area contributed by atoms with Crippen LogP contribution in [-0.2, 0) is 13.0 Å². The van der Waals surface area contributed by atoms with Crippen molar-refractivity contribution in [2.24, 2.45) is 0 Å². The van der Waals surface area contributed by atoms with Crippen molar-refractivity contribution < 1.29 is 0 Å². The Morgan fingerprint density at radius 2 is 2.00 bits per heavy atom. The van der Waals surface area contributed by atoms with Crippen LogP contribution in [0.4, 0.5) is 11.4 Å². The van der Waals surface area contributed by atoms with Gasteiger partial charge in [0.2, 0.25) is 0 Å². The molecule has 2 nitrogen and oxygen atoms in total. The van der Waals surface area contributed by atoms with Crippen LogP contribution >= 0.6 is 15.9 Å². The van der Waals surface area contributed by atoms with E-state index in [1.54, 1.807) is 0 Å². The van der Waals surface area contributed by atoms with Gasteiger partial charge in [0.15, 0.2) is 0 Å². The highest BCUT2D eigenvalue weighted by molar-refractivity contribution is 9.10. The molecule has 1 aliphatic heterocycles. The molecule has 1 heterocycles. The maximum atomic E-state index is 3.66. The summed E-state index contributed by atoms with van der Waals surface area (Å²) in [5, 5.41) is 3.57. The maximum Gasteiger partial charge on any atom is 0.0517 e. The highest BCUT2D eigenvalue weighted by Gasteiger charge is 2.15. The first-order valence-corrected chi connectivity index (χ1v) is 8.17. The van der Waals surface area contributed by atoms with Crippen LogP contribution in [0.5, 0.6) is 0 Å². The Labute approximate surface area is 135 Å². The molecule has 0 atom stereocenters. The van der Waals surface area contributed by atoms with E-state index in [9.17, 15) is 0 Å². The zero-order valence-electron chi connectivity index (χ0n) is 12.8. The van der Waals surface area contributed by atoms with E-state index in [0.29, 0.717) is 0 Å². The zero-order chi connectivity index (χ0) is 15.0. The first-order valence-electron chi connectivity index (χ1n) is 7.38. The monoisotopic (exact) mass is 344 g/mol. The van der Waals surface area contributed by atoms with E-state index in [1.807, 2.05) is 0 Å². The van der Waals surface area contributed by atoms with Gasteiger partial charge in [-0.3, -0.25) is 0 Å². The molecule has 2 aromatic rings. The fraction of sp³-hybridized carbons (Fsp3) is 0.333. The smallest absolute Gasteiger partial charge is 0.0517 e. The average Bonchev–Trinajstić information content (AvgIpc) is 2.79. The molecule has 0 saturated heterocycles. The normalized spacial score (nSPS) is 13.4. The fourth-order valence-electron chi connectivity index (χ4n) is 3.06. The number of hydrogen-bond donors (Lipinski definition) is 1. The minimum Gasteiger partial charge on any atom is -0.380 e. The van der Waals surface area contributed by atoms with Gasteiger partial charge in [0.1, 0.15) is 0 Å². The molecule has 1 N–H and O–H groups in total. The van der Waals surface area contributed by atoms with Crippen LogP contribution in [0.15, 0.2) is 34.8 Å². The lowest BCUT2D eigenvalue weighted by Gasteiger charge is -2.15. The summed E-state index contributed by atoms with van der Waals surface area (Å²) in [5.41, 5.74) is 7.95. The van der Waals surface area contributed by atoms with Gasteiger partial charge < -0.3 is 10.2 Å². The van der Waals surface area contributed by atoms with Crippen molar-refractivity contribution in [3.05, 3.63) is 57.1 Å². The number of nitrogens with zero attached hydrogens (tertiary/aromatic N) is 1. The van der Waals surface area contributed by atoms with Crippen molar-refractivity contribution in [1.82, 2.24) is 0 Å². The van der Waals surface area contributed by atoms with E-state index in [0.717, 1.165) is 24.0 Å². The number of hydrogen-bond acceptors (Lipinski definition) is 2. The van der Waals surface area contributed by atoms with Crippen molar-refractivity contribution in [3.63, 3.8) is 0 Å². The van der Waals surface area contributed by atoms with Gasteiger partial charge in [-0.15, -0.1) is 0 Å². The van der Waals surface area contributed by atoms with Crippen molar-refractivity contribution in [1.29, 1.82) is 0 Å². The number of fused-ring (bicyclic) bond motifs is 1. The Morgan fingerprint density at radius 1 is 1.19 bits per heavy atom. The molecule has 0 spiro atoms. The molecule has 0 bridgehead atoms. The fourth-order valence-corrected chi connectivity index (χ4v) is 3.87. The Balaban J connectivity index is 1.77. The maximum absolute atomic E-state index is 3.66. The number of aryl methyl sites for hydroxylation is 2. The summed E-state index contributed by atoms with van der Waals surface area (Å²) in [4.78, 5) is 2.33. The van der Waals surface area contributed by atoms with Crippen LogP contribution in [0.2, 0.25) is 0 Å². The Kier molecular flexibility index (Phi) is 3.94. The molecular formula is C18H21BrN2. The topological polar surface area (TPSA) is 15.3 Å². The Hall–Kier alpha value is -1.48. The average molecular weight is 345 g/mol. The molecule has 3 rings (SSSR count). The van der Waals surface area contributed by atoms with Crippen molar-refractivity contribution in [3.8, 4) is 0 Å². The zero-order valence-corrected chi connectivity index (χ0v) is 14.4. The molecule has 0 aromatic heterocycles. The molecule has 0 radical (unpaired) electrons. The third kappa shape index (κ3) is 2.93. The largest absolute Gasteiger partial charge is 0.380 e. The molecular weight excluding hydrogens is 324 g/mol. The quantitative estimate of drug-likeness (QED) is 0.870. The van der Waals surface area contributed by atoms with E-state index in [4.69, 9.17) is 0 Å². The van der Waals surface area contributed by atoms with Gasteiger partial charge in [-0.2, -0.15) is 0 Å². The van der Waals surface area contributed by atoms with Crippen molar-refractivity contribution in [2.75, 3.05) is 23.8 Å². The first-order chi connectivity index (χ1) is 10.0. The molecule has 0 aliphatic carbocycles. The Bertz CT molecular complexity index is 656. The van der Waals surface area contributed by atoms with Gasteiger partial charge in [-0.25, -0.2) is 0 Å². The SMILES string of the molecule is Cc1cc(C)c(NCc2ccc3c(c2)CCN3C)c(Br)c1. The predicted molar refractivity (Wildman–Crippen MR) is 94.4 cm³/mol. The standard InChI is InChI=1S/C18H21BrN2/c1-12-8-13(2)18(16(19)9-12)20-11-14-4-5-17-15(10-14)6-7-21(17)3/h4-5,8-10,20H,6-7,11H2,1-3H3. The highest BCUT2D eigenvalue weighted by Crippen LogP contribution is 2.30. The highest BCUT2D eigenvalue weighted by atomic mass is 79.9. The van der Waals surface area contributed by atoms with Crippen LogP contribution in [-0.4, -0.2) is 13.6 Å². The van der Waals surface area contributed by atoms with Crippen LogP contribution < -0.4 is 10.2 Å². The number of anilines is 2. The summed E-state index contributed by atoms with van der Waals surface area (Å²) >= 11 is 3.66. The van der Waals surface area contributed by atoms with E-state index in [2.05, 4.69) is 77.4 Å². The lowest BCUT2D eigenvalue weighted by atomic mass is 10.1. The summed E-state index contributed by atoms with van der Waals surface area (Å²) in [5.74, 6) is 0. The molecule has 1 aliphatic rings. The summed E-state index contributed by atoms with van der Waals surface area (Å²) in [6, 6.07) is 11.2. The number of nitrogens with one attached hydrogen (secondary N) is 1. The van der Waals surface area contributed by atoms with Crippen molar-refractivity contribution >= 4 is 27.3 Å². The van der Waals surface area contributed by atoms with E-state index in [1.165, 1.54) is 33.6 Å². The van der Waals surface area contributed by atoms with E-state index >= 15 is 0 Å².